The Morgan fingerprint density at radius 1 is 1.36 bits per heavy atom. The molecule has 0 unspecified atom stereocenters. The second-order valence-electron chi connectivity index (χ2n) is 3.39. The van der Waals surface area contributed by atoms with Crippen LogP contribution in [-0.2, 0) is 0 Å². The summed E-state index contributed by atoms with van der Waals surface area (Å²) in [6, 6.07) is 3.82. The van der Waals surface area contributed by atoms with Crippen LogP contribution in [0.2, 0.25) is 0 Å². The van der Waals surface area contributed by atoms with Gasteiger partial charge in [-0.25, -0.2) is 0 Å². The second kappa shape index (κ2) is 2.67. The molecule has 0 bridgehead atoms. The van der Waals surface area contributed by atoms with E-state index in [1.165, 1.54) is 0 Å². The Bertz CT molecular complexity index is 486. The molecule has 2 heterocycles. The average molecular weight is 182 g/mol. The Labute approximate surface area is 82.1 Å². The molecule has 3 rings (SSSR count). The second-order valence-corrected chi connectivity index (χ2v) is 3.39. The van der Waals surface area contributed by atoms with Gasteiger partial charge in [0.05, 0.1) is 0 Å². The van der Waals surface area contributed by atoms with Crippen molar-refractivity contribution in [3.8, 4) is 5.75 Å². The molecule has 0 aliphatic carbocycles. The fraction of sp³-hybridized carbons (Fsp3) is 0.0909. The quantitative estimate of drug-likeness (QED) is 0.543. The van der Waals surface area contributed by atoms with Crippen LogP contribution in [0.4, 0.5) is 0 Å². The number of carbonyl (C=O) groups excluding carboxylic acids is 1. The first-order valence-corrected chi connectivity index (χ1v) is 4.54. The van der Waals surface area contributed by atoms with Crippen molar-refractivity contribution < 1.29 is 9.53 Å². The Kier molecular flexibility index (Phi) is 1.48. The minimum atomic E-state index is 0.0850. The van der Waals surface area contributed by atoms with E-state index in [4.69, 9.17) is 4.74 Å². The van der Waals surface area contributed by atoms with E-state index in [9.17, 15) is 4.79 Å². The zero-order valence-electron chi connectivity index (χ0n) is 7.49. The molecule has 0 fully saturated rings. The van der Waals surface area contributed by atoms with Gasteiger partial charge in [0.15, 0.2) is 0 Å². The summed E-state index contributed by atoms with van der Waals surface area (Å²) in [7, 11) is 0. The Morgan fingerprint density at radius 2 is 2.29 bits per heavy atom. The van der Waals surface area contributed by atoms with Crippen molar-refractivity contribution in [3.05, 3.63) is 29.3 Å². The Balaban J connectivity index is 2.25. The minimum absolute atomic E-state index is 0.0850. The molecule has 66 valence electrons. The van der Waals surface area contributed by atoms with Crippen LogP contribution in [0.1, 0.15) is 15.9 Å². The topological polar surface area (TPSA) is 26.3 Å². The van der Waals surface area contributed by atoms with Gasteiger partial charge in [-0.2, -0.15) is 0 Å². The number of rotatable bonds is 0. The van der Waals surface area contributed by atoms with Gasteiger partial charge < -0.3 is 0 Å². The third-order valence-electron chi connectivity index (χ3n) is 2.49. The first-order valence-electron chi connectivity index (χ1n) is 4.54. The summed E-state index contributed by atoms with van der Waals surface area (Å²) >= 11 is 0. The standard InChI is InChI=1S/C11H7BO2/c13-10-6-12-9-5-11-7(4-8(9)10)2-1-3-14-11/h1-2,4-6H,3H2. The number of ether oxygens (including phenoxy) is 1. The molecule has 2 aliphatic rings. The summed E-state index contributed by atoms with van der Waals surface area (Å²) in [5.74, 6) is 2.55. The summed E-state index contributed by atoms with van der Waals surface area (Å²) in [5, 5.41) is 0. The van der Waals surface area contributed by atoms with Crippen LogP contribution in [0.5, 0.6) is 5.75 Å². The average Bonchev–Trinajstić information content (AvgIpc) is 2.57. The molecule has 0 aromatic heterocycles. The van der Waals surface area contributed by atoms with Gasteiger partial charge in [-0.15, -0.1) is 0 Å². The first kappa shape index (κ1) is 7.74. The molecular weight excluding hydrogens is 175 g/mol. The fourth-order valence-corrected chi connectivity index (χ4v) is 1.79. The summed E-state index contributed by atoms with van der Waals surface area (Å²) in [6.07, 6.45) is 3.94. The van der Waals surface area contributed by atoms with Crippen molar-refractivity contribution in [1.82, 2.24) is 0 Å². The van der Waals surface area contributed by atoms with Crippen LogP contribution in [0, 0.1) is 0 Å². The van der Waals surface area contributed by atoms with Crippen molar-refractivity contribution in [2.75, 3.05) is 6.61 Å². The predicted octanol–water partition coefficient (Wildman–Crippen LogP) is 0.420. The molecule has 3 heteroatoms. The van der Waals surface area contributed by atoms with E-state index in [2.05, 4.69) is 0 Å². The van der Waals surface area contributed by atoms with E-state index in [-0.39, 0.29) is 5.78 Å². The van der Waals surface area contributed by atoms with Crippen LogP contribution in [0.15, 0.2) is 18.2 Å². The molecule has 0 amide bonds. The summed E-state index contributed by atoms with van der Waals surface area (Å²) in [4.78, 5) is 11.4. The summed E-state index contributed by atoms with van der Waals surface area (Å²) in [6.45, 7) is 2.45. The molecule has 0 spiro atoms. The van der Waals surface area contributed by atoms with Crippen LogP contribution in [0.25, 0.3) is 6.08 Å². The van der Waals surface area contributed by atoms with Gasteiger partial charge in [-0.05, 0) is 0 Å². The fourth-order valence-electron chi connectivity index (χ4n) is 1.79. The first-order chi connectivity index (χ1) is 6.84. The molecule has 0 atom stereocenters. The summed E-state index contributed by atoms with van der Waals surface area (Å²) < 4.78 is 5.45. The molecule has 0 radical (unpaired) electrons. The molecule has 0 saturated carbocycles. The van der Waals surface area contributed by atoms with E-state index < -0.39 is 0 Å². The van der Waals surface area contributed by atoms with Gasteiger partial charge in [-0.1, -0.05) is 0 Å². The van der Waals surface area contributed by atoms with Gasteiger partial charge in [0.25, 0.3) is 0 Å². The Morgan fingerprint density at radius 3 is 3.21 bits per heavy atom. The molecule has 0 N–H and O–H groups in total. The van der Waals surface area contributed by atoms with Gasteiger partial charge in [-0.3, -0.25) is 0 Å². The van der Waals surface area contributed by atoms with Crippen molar-refractivity contribution in [1.29, 1.82) is 0 Å². The number of hydrogen-bond donors (Lipinski definition) is 0. The molecule has 2 nitrogen and oxygen atoms in total. The maximum atomic E-state index is 11.4. The normalized spacial score (nSPS) is 15.9. The molecular formula is C11H7BO2. The Hall–Kier alpha value is -1.64. The molecule has 2 aliphatic heterocycles. The SMILES string of the molecule is O=C1C=Bc2cc3c(cc21)C=CCO3. The van der Waals surface area contributed by atoms with Crippen molar-refractivity contribution in [2.45, 2.75) is 0 Å². The predicted molar refractivity (Wildman–Crippen MR) is 56.8 cm³/mol. The van der Waals surface area contributed by atoms with Crippen LogP contribution in [-0.4, -0.2) is 25.3 Å². The zero-order valence-corrected chi connectivity index (χ0v) is 7.49. The van der Waals surface area contributed by atoms with E-state index >= 15 is 0 Å². The van der Waals surface area contributed by atoms with E-state index in [1.54, 1.807) is 5.97 Å². The van der Waals surface area contributed by atoms with Crippen LogP contribution >= 0.6 is 0 Å². The van der Waals surface area contributed by atoms with Gasteiger partial charge in [0.1, 0.15) is 0 Å². The number of carbonyl (C=O) groups is 1. The van der Waals surface area contributed by atoms with E-state index in [1.807, 2.05) is 31.2 Å². The van der Waals surface area contributed by atoms with Crippen molar-refractivity contribution in [3.63, 3.8) is 0 Å². The number of ketones is 1. The van der Waals surface area contributed by atoms with E-state index in [0.29, 0.717) is 6.61 Å². The molecule has 1 aromatic carbocycles. The third-order valence-corrected chi connectivity index (χ3v) is 2.49. The van der Waals surface area contributed by atoms with Gasteiger partial charge in [0, 0.05) is 0 Å². The summed E-state index contributed by atoms with van der Waals surface area (Å²) in [5.41, 5.74) is 2.73. The number of Topliss-reactive ketones (excluding diaryl/α,β-unsaturated/α-hetero) is 1. The monoisotopic (exact) mass is 182 g/mol. The molecule has 14 heavy (non-hydrogen) atoms. The van der Waals surface area contributed by atoms with Crippen molar-refractivity contribution >= 4 is 30.2 Å². The van der Waals surface area contributed by atoms with Gasteiger partial charge >= 0.3 is 81.4 Å². The zero-order chi connectivity index (χ0) is 9.54. The number of benzene rings is 1. The van der Waals surface area contributed by atoms with E-state index in [0.717, 1.165) is 22.3 Å². The van der Waals surface area contributed by atoms with Crippen LogP contribution in [0.3, 0.4) is 0 Å². The maximum absolute atomic E-state index is 11.4. The van der Waals surface area contributed by atoms with Crippen molar-refractivity contribution in [2.24, 2.45) is 0 Å². The molecule has 1 aromatic rings. The number of hydrogen-bond acceptors (Lipinski definition) is 2. The number of fused-ring (bicyclic) bond motifs is 2. The van der Waals surface area contributed by atoms with Crippen LogP contribution < -0.4 is 10.2 Å². The van der Waals surface area contributed by atoms with Gasteiger partial charge in [0.2, 0.25) is 0 Å². The third kappa shape index (κ3) is 0.986. The molecule has 0 saturated heterocycles.